The summed E-state index contributed by atoms with van der Waals surface area (Å²) >= 11 is 0. The summed E-state index contributed by atoms with van der Waals surface area (Å²) in [5.74, 6) is -4.30. The first-order chi connectivity index (χ1) is 17.9. The fraction of sp³-hybridized carbons (Fsp3) is 0.310. The Bertz CT molecular complexity index is 1430. The van der Waals surface area contributed by atoms with Crippen molar-refractivity contribution in [3.05, 3.63) is 83.4 Å². The Hall–Kier alpha value is -4.06. The number of rotatable bonds is 8. The van der Waals surface area contributed by atoms with Gasteiger partial charge in [-0.05, 0) is 40.8 Å². The zero-order valence-electron chi connectivity index (χ0n) is 20.1. The maximum Gasteiger partial charge on any atom is 0.325 e. The van der Waals surface area contributed by atoms with Gasteiger partial charge in [0, 0.05) is 25.6 Å². The van der Waals surface area contributed by atoms with E-state index in [1.165, 1.54) is 0 Å². The van der Waals surface area contributed by atoms with Crippen LogP contribution in [0.4, 0.5) is 0 Å². The zero-order valence-corrected chi connectivity index (χ0v) is 20.1. The van der Waals surface area contributed by atoms with E-state index >= 15 is 0 Å². The number of benzene rings is 3. The van der Waals surface area contributed by atoms with Crippen LogP contribution in [0, 0.1) is 23.2 Å². The molecule has 3 aromatic carbocycles. The lowest BCUT2D eigenvalue weighted by Gasteiger charge is -2.31. The minimum atomic E-state index is -1.75. The average molecular weight is 498 g/mol. The van der Waals surface area contributed by atoms with E-state index in [9.17, 15) is 29.9 Å². The normalized spacial score (nSPS) is 24.9. The fourth-order valence-electron chi connectivity index (χ4n) is 5.91. The lowest BCUT2D eigenvalue weighted by atomic mass is 9.76. The quantitative estimate of drug-likeness (QED) is 0.322. The molecular formula is C29H27N3O5. The third-order valence-electron chi connectivity index (χ3n) is 7.63. The van der Waals surface area contributed by atoms with Crippen LogP contribution in [0.1, 0.15) is 35.6 Å². The van der Waals surface area contributed by atoms with Crippen molar-refractivity contribution in [2.75, 3.05) is 13.2 Å². The van der Waals surface area contributed by atoms with Gasteiger partial charge in [-0.3, -0.25) is 24.6 Å². The van der Waals surface area contributed by atoms with E-state index in [4.69, 9.17) is 0 Å². The van der Waals surface area contributed by atoms with Gasteiger partial charge in [0.05, 0.1) is 23.5 Å². The van der Waals surface area contributed by atoms with Crippen LogP contribution < -0.4 is 5.32 Å². The van der Waals surface area contributed by atoms with Gasteiger partial charge >= 0.3 is 5.97 Å². The van der Waals surface area contributed by atoms with E-state index in [1.807, 2.05) is 42.5 Å². The van der Waals surface area contributed by atoms with Crippen LogP contribution in [0.3, 0.4) is 0 Å². The Labute approximate surface area is 214 Å². The van der Waals surface area contributed by atoms with Gasteiger partial charge in [-0.2, -0.15) is 5.26 Å². The summed E-state index contributed by atoms with van der Waals surface area (Å²) in [6.07, 6.45) is 0.834. The molecule has 0 bridgehead atoms. The molecule has 5 rings (SSSR count). The molecule has 4 unspecified atom stereocenters. The number of imide groups is 1. The Kier molecular flexibility index (Phi) is 6.50. The summed E-state index contributed by atoms with van der Waals surface area (Å²) in [7, 11) is 0. The molecule has 0 aliphatic carbocycles. The molecule has 188 valence electrons. The minimum Gasteiger partial charge on any atom is -0.480 e. The predicted molar refractivity (Wildman–Crippen MR) is 135 cm³/mol. The summed E-state index contributed by atoms with van der Waals surface area (Å²) in [5, 5.41) is 34.7. The van der Waals surface area contributed by atoms with Gasteiger partial charge in [0.15, 0.2) is 0 Å². The molecule has 4 atom stereocenters. The smallest absolute Gasteiger partial charge is 0.325 e. The largest absolute Gasteiger partial charge is 0.480 e. The number of carboxylic acids is 1. The van der Waals surface area contributed by atoms with E-state index in [0.717, 1.165) is 21.2 Å². The Morgan fingerprint density at radius 2 is 1.73 bits per heavy atom. The number of hydrogen-bond acceptors (Lipinski definition) is 6. The Morgan fingerprint density at radius 3 is 2.46 bits per heavy atom. The van der Waals surface area contributed by atoms with Gasteiger partial charge in [-0.25, -0.2) is 0 Å². The van der Waals surface area contributed by atoms with Gasteiger partial charge in [0.25, 0.3) is 0 Å². The number of hydrogen-bond donors (Lipinski definition) is 3. The van der Waals surface area contributed by atoms with E-state index in [-0.39, 0.29) is 19.6 Å². The summed E-state index contributed by atoms with van der Waals surface area (Å²) in [5.41, 5.74) is -0.205. The first kappa shape index (κ1) is 24.6. The molecule has 0 aromatic heterocycles. The van der Waals surface area contributed by atoms with Crippen molar-refractivity contribution < 1.29 is 24.6 Å². The molecule has 8 nitrogen and oxygen atoms in total. The monoisotopic (exact) mass is 497 g/mol. The summed E-state index contributed by atoms with van der Waals surface area (Å²) < 4.78 is 0. The number of unbranched alkanes of at least 4 members (excludes halogenated alkanes) is 1. The molecule has 0 spiro atoms. The second-order valence-corrected chi connectivity index (χ2v) is 9.72. The number of aliphatic carboxylic acids is 1. The second-order valence-electron chi connectivity index (χ2n) is 9.72. The molecule has 0 radical (unpaired) electrons. The molecule has 2 heterocycles. The molecule has 3 N–H and O–H groups in total. The van der Waals surface area contributed by atoms with Gasteiger partial charge in [-0.15, -0.1) is 0 Å². The lowest BCUT2D eigenvalue weighted by Crippen LogP contribution is -2.57. The van der Waals surface area contributed by atoms with Gasteiger partial charge < -0.3 is 10.2 Å². The van der Waals surface area contributed by atoms with Crippen LogP contribution >= 0.6 is 0 Å². The van der Waals surface area contributed by atoms with Crippen molar-refractivity contribution in [3.63, 3.8) is 0 Å². The number of likely N-dealkylation sites (tertiary alicyclic amines) is 1. The number of nitrogens with zero attached hydrogens (tertiary/aromatic N) is 2. The van der Waals surface area contributed by atoms with Gasteiger partial charge in [-0.1, -0.05) is 60.7 Å². The molecule has 2 aliphatic rings. The molecular weight excluding hydrogens is 470 g/mol. The number of aliphatic hydroxyl groups excluding tert-OH is 1. The van der Waals surface area contributed by atoms with E-state index in [0.29, 0.717) is 24.0 Å². The topological polar surface area (TPSA) is 131 Å². The number of aliphatic hydroxyl groups is 1. The number of nitriles is 1. The van der Waals surface area contributed by atoms with Crippen molar-refractivity contribution in [2.24, 2.45) is 11.8 Å². The molecule has 0 saturated carbocycles. The van der Waals surface area contributed by atoms with Crippen molar-refractivity contribution in [1.29, 1.82) is 5.26 Å². The standard InChI is InChI=1S/C29H27N3O5/c30-17-21-9-3-4-10-22(21)25-23-24(27(35)32(26(23)34)13-5-6-14-33)29(31-25,28(36)37)16-18-11-12-19-7-1-2-8-20(19)15-18/h1-4,7-12,15,23-25,31,33H,5-6,13-14,16H2,(H,36,37). The number of amides is 2. The van der Waals surface area contributed by atoms with Crippen molar-refractivity contribution in [2.45, 2.75) is 30.8 Å². The number of carboxylic acid groups (broad SMARTS) is 1. The van der Waals surface area contributed by atoms with Crippen LogP contribution in [-0.2, 0) is 20.8 Å². The van der Waals surface area contributed by atoms with Gasteiger partial charge in [0.2, 0.25) is 11.8 Å². The summed E-state index contributed by atoms with van der Waals surface area (Å²) in [4.78, 5) is 41.5. The van der Waals surface area contributed by atoms with E-state index in [1.54, 1.807) is 24.3 Å². The van der Waals surface area contributed by atoms with Crippen LogP contribution in [0.2, 0.25) is 0 Å². The third-order valence-corrected chi connectivity index (χ3v) is 7.63. The lowest BCUT2D eigenvalue weighted by molar-refractivity contribution is -0.151. The first-order valence-electron chi connectivity index (χ1n) is 12.3. The maximum atomic E-state index is 13.7. The van der Waals surface area contributed by atoms with Crippen molar-refractivity contribution >= 4 is 28.6 Å². The minimum absolute atomic E-state index is 0.0109. The first-order valence-corrected chi connectivity index (χ1v) is 12.3. The molecule has 37 heavy (non-hydrogen) atoms. The van der Waals surface area contributed by atoms with Gasteiger partial charge in [0.1, 0.15) is 5.54 Å². The highest BCUT2D eigenvalue weighted by Gasteiger charge is 2.68. The van der Waals surface area contributed by atoms with E-state index < -0.39 is 41.2 Å². The summed E-state index contributed by atoms with van der Waals surface area (Å²) in [6.45, 7) is 0.0490. The molecule has 2 aliphatic heterocycles. The Morgan fingerprint density at radius 1 is 1.00 bits per heavy atom. The fourth-order valence-corrected chi connectivity index (χ4v) is 5.91. The Balaban J connectivity index is 1.62. The zero-order chi connectivity index (χ0) is 26.2. The van der Waals surface area contributed by atoms with Crippen LogP contribution in [-0.4, -0.2) is 51.6 Å². The molecule has 2 saturated heterocycles. The highest BCUT2D eigenvalue weighted by Crippen LogP contribution is 2.50. The maximum absolute atomic E-state index is 13.7. The average Bonchev–Trinajstić information content (AvgIpc) is 3.38. The predicted octanol–water partition coefficient (Wildman–Crippen LogP) is 2.80. The van der Waals surface area contributed by atoms with Crippen LogP contribution in [0.25, 0.3) is 10.8 Å². The number of carbonyl (C=O) groups is 3. The second kappa shape index (κ2) is 9.77. The third kappa shape index (κ3) is 4.06. The highest BCUT2D eigenvalue weighted by molar-refractivity contribution is 6.09. The SMILES string of the molecule is N#Cc1ccccc1C1NC(Cc2ccc3ccccc3c2)(C(=O)O)C2C(=O)N(CCCCO)C(=O)C12. The van der Waals surface area contributed by atoms with Crippen LogP contribution in [0.5, 0.6) is 0 Å². The van der Waals surface area contributed by atoms with Crippen molar-refractivity contribution in [3.8, 4) is 6.07 Å². The van der Waals surface area contributed by atoms with E-state index in [2.05, 4.69) is 11.4 Å². The summed E-state index contributed by atoms with van der Waals surface area (Å²) in [6, 6.07) is 21.5. The molecule has 3 aromatic rings. The van der Waals surface area contributed by atoms with Crippen LogP contribution in [0.15, 0.2) is 66.7 Å². The number of carbonyl (C=O) groups excluding carboxylic acids is 2. The van der Waals surface area contributed by atoms with Crippen molar-refractivity contribution in [1.82, 2.24) is 10.2 Å². The molecule has 2 amide bonds. The number of fused-ring (bicyclic) bond motifs is 2. The molecule has 8 heteroatoms. The molecule has 2 fully saturated rings. The number of nitrogens with one attached hydrogen (secondary N) is 1. The highest BCUT2D eigenvalue weighted by atomic mass is 16.4.